The van der Waals surface area contributed by atoms with Gasteiger partial charge in [0.15, 0.2) is 10.9 Å². The number of amides is 1. The van der Waals surface area contributed by atoms with E-state index in [9.17, 15) is 9.59 Å². The third-order valence-electron chi connectivity index (χ3n) is 3.70. The van der Waals surface area contributed by atoms with Crippen LogP contribution in [0.3, 0.4) is 0 Å². The van der Waals surface area contributed by atoms with Crippen molar-refractivity contribution in [2.24, 2.45) is 0 Å². The van der Waals surface area contributed by atoms with Crippen molar-refractivity contribution < 1.29 is 9.59 Å². The Labute approximate surface area is 138 Å². The van der Waals surface area contributed by atoms with Gasteiger partial charge in [0.25, 0.3) is 0 Å². The van der Waals surface area contributed by atoms with Gasteiger partial charge < -0.3 is 9.88 Å². The molecule has 7 heteroatoms. The van der Waals surface area contributed by atoms with Gasteiger partial charge in [-0.2, -0.15) is 0 Å². The van der Waals surface area contributed by atoms with Gasteiger partial charge in [-0.3, -0.25) is 9.59 Å². The lowest BCUT2D eigenvalue weighted by Crippen LogP contribution is -2.24. The Morgan fingerprint density at radius 3 is 2.78 bits per heavy atom. The van der Waals surface area contributed by atoms with Crippen LogP contribution in [0.1, 0.15) is 43.1 Å². The normalized spacial score (nSPS) is 15.2. The Hall–Kier alpha value is -2.15. The molecule has 1 amide bonds. The summed E-state index contributed by atoms with van der Waals surface area (Å²) in [6.07, 6.45) is 3.99. The summed E-state index contributed by atoms with van der Waals surface area (Å²) in [5, 5.41) is 11.3. The Morgan fingerprint density at radius 2 is 2.09 bits per heavy atom. The molecule has 1 heterocycles. The molecule has 1 N–H and O–H groups in total. The number of carbonyl (C=O) groups is 2. The summed E-state index contributed by atoms with van der Waals surface area (Å²) in [5.74, 6) is -0.233. The van der Waals surface area contributed by atoms with Crippen LogP contribution < -0.4 is 5.32 Å². The maximum absolute atomic E-state index is 12.4. The van der Waals surface area contributed by atoms with Crippen LogP contribution in [0.2, 0.25) is 0 Å². The monoisotopic (exact) mass is 330 g/mol. The molecule has 1 atom stereocenters. The number of benzene rings is 1. The molecular formula is C16H18N4O2S. The number of nitrogens with one attached hydrogen (secondary N) is 1. The number of hydrogen-bond acceptors (Lipinski definition) is 5. The number of thioether (sulfide) groups is 1. The summed E-state index contributed by atoms with van der Waals surface area (Å²) in [7, 11) is 0. The first kappa shape index (κ1) is 15.7. The standard InChI is InChI=1S/C16H18N4O2S/c1-10(21)13-5-3-4-6-14(13)18-15(22)11(2)23-16-19-17-9-20(16)12-7-8-12/h3-6,9,11-12H,7-8H2,1-2H3,(H,18,22). The molecule has 1 aromatic heterocycles. The summed E-state index contributed by atoms with van der Waals surface area (Å²) in [6, 6.07) is 7.49. The maximum atomic E-state index is 12.4. The number of ketones is 1. The van der Waals surface area contributed by atoms with Gasteiger partial charge in [-0.1, -0.05) is 23.9 Å². The fourth-order valence-corrected chi connectivity index (χ4v) is 3.16. The van der Waals surface area contributed by atoms with Gasteiger partial charge in [0.2, 0.25) is 5.91 Å². The van der Waals surface area contributed by atoms with Crippen LogP contribution in [0.25, 0.3) is 0 Å². The summed E-state index contributed by atoms with van der Waals surface area (Å²) >= 11 is 1.38. The van der Waals surface area contributed by atoms with E-state index in [0.29, 0.717) is 17.3 Å². The minimum Gasteiger partial charge on any atom is -0.324 e. The highest BCUT2D eigenvalue weighted by Gasteiger charge is 2.28. The van der Waals surface area contributed by atoms with Crippen LogP contribution in [0, 0.1) is 0 Å². The van der Waals surface area contributed by atoms with Crippen LogP contribution >= 0.6 is 11.8 Å². The average molecular weight is 330 g/mol. The van der Waals surface area contributed by atoms with Gasteiger partial charge in [-0.05, 0) is 38.8 Å². The van der Waals surface area contributed by atoms with Crippen molar-refractivity contribution in [3.8, 4) is 0 Å². The minimum absolute atomic E-state index is 0.0744. The average Bonchev–Trinajstić information content (AvgIpc) is 3.27. The van der Waals surface area contributed by atoms with Gasteiger partial charge >= 0.3 is 0 Å². The zero-order valence-corrected chi connectivity index (χ0v) is 13.8. The summed E-state index contributed by atoms with van der Waals surface area (Å²) in [6.45, 7) is 3.31. The van der Waals surface area contributed by atoms with Crippen molar-refractivity contribution >= 4 is 29.1 Å². The molecule has 6 nitrogen and oxygen atoms in total. The molecule has 1 fully saturated rings. The summed E-state index contributed by atoms with van der Waals surface area (Å²) in [5.41, 5.74) is 1.06. The molecule has 2 aromatic rings. The number of rotatable bonds is 6. The number of para-hydroxylation sites is 1. The van der Waals surface area contributed by atoms with Gasteiger partial charge in [0, 0.05) is 11.6 Å². The number of carbonyl (C=O) groups excluding carboxylic acids is 2. The lowest BCUT2D eigenvalue weighted by Gasteiger charge is -2.13. The topological polar surface area (TPSA) is 76.9 Å². The van der Waals surface area contributed by atoms with E-state index in [1.807, 2.05) is 11.5 Å². The molecular weight excluding hydrogens is 312 g/mol. The molecule has 120 valence electrons. The van der Waals surface area contributed by atoms with E-state index in [1.165, 1.54) is 18.7 Å². The molecule has 1 aliphatic rings. The predicted molar refractivity (Wildman–Crippen MR) is 88.7 cm³/mol. The quantitative estimate of drug-likeness (QED) is 0.651. The van der Waals surface area contributed by atoms with E-state index in [-0.39, 0.29) is 16.9 Å². The Morgan fingerprint density at radius 1 is 1.35 bits per heavy atom. The van der Waals surface area contributed by atoms with Crippen LogP contribution in [0.5, 0.6) is 0 Å². The highest BCUT2D eigenvalue weighted by atomic mass is 32.2. The third-order valence-corrected chi connectivity index (χ3v) is 4.77. The van der Waals surface area contributed by atoms with E-state index in [0.717, 1.165) is 18.0 Å². The number of Topliss-reactive ketones (excluding diaryl/α,β-unsaturated/α-hetero) is 1. The molecule has 3 rings (SSSR count). The number of anilines is 1. The van der Waals surface area contributed by atoms with Crippen molar-refractivity contribution in [3.63, 3.8) is 0 Å². The van der Waals surface area contributed by atoms with Crippen LogP contribution in [0.15, 0.2) is 35.7 Å². The molecule has 1 unspecified atom stereocenters. The smallest absolute Gasteiger partial charge is 0.237 e. The van der Waals surface area contributed by atoms with E-state index >= 15 is 0 Å². The fourth-order valence-electron chi connectivity index (χ4n) is 2.26. The summed E-state index contributed by atoms with van der Waals surface area (Å²) < 4.78 is 2.03. The molecule has 0 bridgehead atoms. The zero-order valence-electron chi connectivity index (χ0n) is 13.0. The van der Waals surface area contributed by atoms with Gasteiger partial charge in [-0.25, -0.2) is 0 Å². The number of hydrogen-bond donors (Lipinski definition) is 1. The molecule has 0 radical (unpaired) electrons. The highest BCUT2D eigenvalue weighted by molar-refractivity contribution is 8.00. The number of aromatic nitrogens is 3. The molecule has 1 saturated carbocycles. The number of nitrogens with zero attached hydrogens (tertiary/aromatic N) is 3. The summed E-state index contributed by atoms with van der Waals surface area (Å²) in [4.78, 5) is 24.0. The van der Waals surface area contributed by atoms with E-state index in [4.69, 9.17) is 0 Å². The third kappa shape index (κ3) is 3.61. The van der Waals surface area contributed by atoms with Crippen molar-refractivity contribution in [1.82, 2.24) is 14.8 Å². The van der Waals surface area contributed by atoms with E-state index in [2.05, 4.69) is 15.5 Å². The first-order valence-corrected chi connectivity index (χ1v) is 8.41. The van der Waals surface area contributed by atoms with Crippen molar-refractivity contribution in [1.29, 1.82) is 0 Å². The van der Waals surface area contributed by atoms with Crippen LogP contribution in [-0.2, 0) is 4.79 Å². The molecule has 0 saturated heterocycles. The van der Waals surface area contributed by atoms with Gasteiger partial charge in [-0.15, -0.1) is 10.2 Å². The van der Waals surface area contributed by atoms with Crippen LogP contribution in [0.4, 0.5) is 5.69 Å². The van der Waals surface area contributed by atoms with Crippen molar-refractivity contribution in [2.45, 2.75) is 43.1 Å². The molecule has 23 heavy (non-hydrogen) atoms. The van der Waals surface area contributed by atoms with E-state index in [1.54, 1.807) is 30.6 Å². The lowest BCUT2D eigenvalue weighted by atomic mass is 10.1. The zero-order chi connectivity index (χ0) is 16.4. The maximum Gasteiger partial charge on any atom is 0.237 e. The molecule has 0 aliphatic heterocycles. The molecule has 0 spiro atoms. The second kappa shape index (κ2) is 6.54. The van der Waals surface area contributed by atoms with Crippen LogP contribution in [-0.4, -0.2) is 31.7 Å². The Kier molecular flexibility index (Phi) is 4.47. The minimum atomic E-state index is -0.336. The Balaban J connectivity index is 1.68. The second-order valence-electron chi connectivity index (χ2n) is 5.60. The molecule has 1 aliphatic carbocycles. The Bertz CT molecular complexity index is 739. The second-order valence-corrected chi connectivity index (χ2v) is 6.91. The fraction of sp³-hybridized carbons (Fsp3) is 0.375. The SMILES string of the molecule is CC(=O)c1ccccc1NC(=O)C(C)Sc1nncn1C1CC1. The lowest BCUT2D eigenvalue weighted by molar-refractivity contribution is -0.115. The highest BCUT2D eigenvalue weighted by Crippen LogP contribution is 2.38. The molecule has 1 aromatic carbocycles. The predicted octanol–water partition coefficient (Wildman–Crippen LogP) is 2.93. The van der Waals surface area contributed by atoms with Gasteiger partial charge in [0.1, 0.15) is 6.33 Å². The van der Waals surface area contributed by atoms with Crippen molar-refractivity contribution in [2.75, 3.05) is 5.32 Å². The van der Waals surface area contributed by atoms with Crippen molar-refractivity contribution in [3.05, 3.63) is 36.2 Å². The van der Waals surface area contributed by atoms with E-state index < -0.39 is 0 Å². The first-order chi connectivity index (χ1) is 11.1. The largest absolute Gasteiger partial charge is 0.324 e. The van der Waals surface area contributed by atoms with Gasteiger partial charge in [0.05, 0.1) is 10.9 Å². The first-order valence-electron chi connectivity index (χ1n) is 7.53.